The van der Waals surface area contributed by atoms with Gasteiger partial charge in [0.2, 0.25) is 15.9 Å². The van der Waals surface area contributed by atoms with Crippen LogP contribution < -0.4 is 15.2 Å². The fourth-order valence-corrected chi connectivity index (χ4v) is 3.02. The smallest absolute Gasteiger partial charge is 0.238 e. The van der Waals surface area contributed by atoms with Crippen molar-refractivity contribution in [1.82, 2.24) is 5.32 Å². The van der Waals surface area contributed by atoms with Crippen LogP contribution in [-0.4, -0.2) is 27.0 Å². The Bertz CT molecular complexity index is 651. The summed E-state index contributed by atoms with van der Waals surface area (Å²) in [6.45, 7) is 2.01. The number of sulfonamides is 1. The van der Waals surface area contributed by atoms with E-state index in [1.165, 1.54) is 25.3 Å². The summed E-state index contributed by atoms with van der Waals surface area (Å²) in [5.74, 6) is 0.318. The molecule has 1 amide bonds. The fraction of sp³-hybridized carbons (Fsp3) is 0.500. The van der Waals surface area contributed by atoms with E-state index in [4.69, 9.17) is 9.88 Å². The van der Waals surface area contributed by atoms with E-state index in [-0.39, 0.29) is 22.8 Å². The molecule has 1 saturated carbocycles. The summed E-state index contributed by atoms with van der Waals surface area (Å²) in [5, 5.41) is 8.09. The molecule has 1 aliphatic carbocycles. The topological polar surface area (TPSA) is 98.5 Å². The van der Waals surface area contributed by atoms with Gasteiger partial charge < -0.3 is 10.1 Å². The molecule has 0 spiro atoms. The molecule has 1 aliphatic rings. The lowest BCUT2D eigenvalue weighted by Gasteiger charge is -2.39. The molecule has 0 atom stereocenters. The Labute approximate surface area is 124 Å². The van der Waals surface area contributed by atoms with Crippen LogP contribution in [0.4, 0.5) is 0 Å². The minimum Gasteiger partial charge on any atom is -0.496 e. The van der Waals surface area contributed by atoms with Gasteiger partial charge in [-0.15, -0.1) is 0 Å². The molecule has 1 aromatic carbocycles. The molecule has 0 heterocycles. The van der Waals surface area contributed by atoms with Gasteiger partial charge in [0.25, 0.3) is 0 Å². The lowest BCUT2D eigenvalue weighted by atomic mass is 9.78. The van der Waals surface area contributed by atoms with Crippen molar-refractivity contribution in [3.63, 3.8) is 0 Å². The quantitative estimate of drug-likeness (QED) is 0.845. The van der Waals surface area contributed by atoms with Crippen LogP contribution in [0.1, 0.15) is 31.7 Å². The van der Waals surface area contributed by atoms with E-state index in [1.54, 1.807) is 0 Å². The Morgan fingerprint density at radius 1 is 1.43 bits per heavy atom. The van der Waals surface area contributed by atoms with Crippen molar-refractivity contribution in [3.8, 4) is 5.75 Å². The first-order chi connectivity index (χ1) is 9.73. The maximum atomic E-state index is 12.1. The first-order valence-electron chi connectivity index (χ1n) is 6.74. The highest BCUT2D eigenvalue weighted by Gasteiger charge is 2.33. The molecular weight excluding hydrogens is 292 g/mol. The SMILES string of the molecule is COc1ccc(S(N)(=O)=O)cc1CC(=O)NC1(C)CCC1. The van der Waals surface area contributed by atoms with Gasteiger partial charge >= 0.3 is 0 Å². The summed E-state index contributed by atoms with van der Waals surface area (Å²) in [5.41, 5.74) is 0.367. The second-order valence-corrected chi connectivity index (χ2v) is 7.22. The number of hydrogen-bond acceptors (Lipinski definition) is 4. The summed E-state index contributed by atoms with van der Waals surface area (Å²) in [4.78, 5) is 12.1. The van der Waals surface area contributed by atoms with Crippen molar-refractivity contribution in [2.75, 3.05) is 7.11 Å². The van der Waals surface area contributed by atoms with Gasteiger partial charge in [-0.1, -0.05) is 0 Å². The summed E-state index contributed by atoms with van der Waals surface area (Å²) in [6.07, 6.45) is 3.10. The molecular formula is C14H20N2O4S. The number of rotatable bonds is 5. The van der Waals surface area contributed by atoms with Gasteiger partial charge in [0.15, 0.2) is 0 Å². The number of carbonyl (C=O) groups excluding carboxylic acids is 1. The number of hydrogen-bond donors (Lipinski definition) is 2. The number of ether oxygens (including phenoxy) is 1. The van der Waals surface area contributed by atoms with Gasteiger partial charge in [-0.25, -0.2) is 13.6 Å². The van der Waals surface area contributed by atoms with Gasteiger partial charge in [0, 0.05) is 11.1 Å². The molecule has 2 rings (SSSR count). The summed E-state index contributed by atoms with van der Waals surface area (Å²) >= 11 is 0. The predicted octanol–water partition coefficient (Wildman–Crippen LogP) is 0.944. The Hall–Kier alpha value is -1.60. The van der Waals surface area contributed by atoms with Crippen LogP contribution in [0.3, 0.4) is 0 Å². The summed E-state index contributed by atoms with van der Waals surface area (Å²) < 4.78 is 28.0. The van der Waals surface area contributed by atoms with E-state index in [1.807, 2.05) is 6.92 Å². The van der Waals surface area contributed by atoms with Crippen LogP contribution in [0.25, 0.3) is 0 Å². The van der Waals surface area contributed by atoms with Crippen molar-refractivity contribution >= 4 is 15.9 Å². The van der Waals surface area contributed by atoms with E-state index in [9.17, 15) is 13.2 Å². The number of methoxy groups -OCH3 is 1. The molecule has 0 aliphatic heterocycles. The number of amides is 1. The Balaban J connectivity index is 2.19. The Morgan fingerprint density at radius 2 is 2.10 bits per heavy atom. The van der Waals surface area contributed by atoms with Crippen molar-refractivity contribution in [2.24, 2.45) is 5.14 Å². The Kier molecular flexibility index (Phi) is 4.25. The normalized spacial score (nSPS) is 16.9. The van der Waals surface area contributed by atoms with Gasteiger partial charge in [-0.3, -0.25) is 4.79 Å². The van der Waals surface area contributed by atoms with E-state index in [2.05, 4.69) is 5.32 Å². The van der Waals surface area contributed by atoms with Crippen molar-refractivity contribution < 1.29 is 17.9 Å². The number of primary sulfonamides is 1. The van der Waals surface area contributed by atoms with Crippen molar-refractivity contribution in [2.45, 2.75) is 43.0 Å². The largest absolute Gasteiger partial charge is 0.496 e. The second kappa shape index (κ2) is 5.65. The third-order valence-corrected chi connectivity index (χ3v) is 4.74. The average Bonchev–Trinajstić information content (AvgIpc) is 2.35. The molecule has 1 fully saturated rings. The molecule has 0 radical (unpaired) electrons. The molecule has 0 aromatic heterocycles. The van der Waals surface area contributed by atoms with E-state index < -0.39 is 10.0 Å². The van der Waals surface area contributed by atoms with Crippen LogP contribution in [-0.2, 0) is 21.2 Å². The zero-order valence-electron chi connectivity index (χ0n) is 12.2. The molecule has 0 saturated heterocycles. The monoisotopic (exact) mass is 312 g/mol. The molecule has 3 N–H and O–H groups in total. The van der Waals surface area contributed by atoms with Gasteiger partial charge in [-0.05, 0) is 44.4 Å². The van der Waals surface area contributed by atoms with Crippen LogP contribution in [0, 0.1) is 0 Å². The highest BCUT2D eigenvalue weighted by atomic mass is 32.2. The number of benzene rings is 1. The first kappa shape index (κ1) is 15.8. The van der Waals surface area contributed by atoms with Gasteiger partial charge in [0.1, 0.15) is 5.75 Å². The second-order valence-electron chi connectivity index (χ2n) is 5.66. The highest BCUT2D eigenvalue weighted by molar-refractivity contribution is 7.89. The number of carbonyl (C=O) groups is 1. The van der Waals surface area contributed by atoms with Crippen LogP contribution >= 0.6 is 0 Å². The maximum absolute atomic E-state index is 12.1. The zero-order chi connectivity index (χ0) is 15.7. The Morgan fingerprint density at radius 3 is 2.57 bits per heavy atom. The van der Waals surface area contributed by atoms with E-state index in [0.29, 0.717) is 11.3 Å². The highest BCUT2D eigenvalue weighted by Crippen LogP contribution is 2.31. The van der Waals surface area contributed by atoms with Crippen molar-refractivity contribution in [1.29, 1.82) is 0 Å². The summed E-state index contributed by atoms with van der Waals surface area (Å²) in [6, 6.07) is 4.26. The minimum absolute atomic E-state index is 0.0269. The molecule has 21 heavy (non-hydrogen) atoms. The molecule has 0 bridgehead atoms. The van der Waals surface area contributed by atoms with E-state index in [0.717, 1.165) is 19.3 Å². The molecule has 7 heteroatoms. The lowest BCUT2D eigenvalue weighted by molar-refractivity contribution is -0.123. The zero-order valence-corrected chi connectivity index (χ0v) is 13.0. The molecule has 0 unspecified atom stereocenters. The van der Waals surface area contributed by atoms with Gasteiger partial charge in [0.05, 0.1) is 18.4 Å². The van der Waals surface area contributed by atoms with Crippen molar-refractivity contribution in [3.05, 3.63) is 23.8 Å². The lowest BCUT2D eigenvalue weighted by Crippen LogP contribution is -2.51. The number of nitrogens with two attached hydrogens (primary N) is 1. The number of nitrogens with one attached hydrogen (secondary N) is 1. The third kappa shape index (κ3) is 3.74. The van der Waals surface area contributed by atoms with Crippen LogP contribution in [0.15, 0.2) is 23.1 Å². The maximum Gasteiger partial charge on any atom is 0.238 e. The fourth-order valence-electron chi connectivity index (χ4n) is 2.46. The van der Waals surface area contributed by atoms with Crippen LogP contribution in [0.5, 0.6) is 5.75 Å². The van der Waals surface area contributed by atoms with Crippen LogP contribution in [0.2, 0.25) is 0 Å². The van der Waals surface area contributed by atoms with Gasteiger partial charge in [-0.2, -0.15) is 0 Å². The summed E-state index contributed by atoms with van der Waals surface area (Å²) in [7, 11) is -2.33. The predicted molar refractivity (Wildman–Crippen MR) is 78.5 cm³/mol. The first-order valence-corrected chi connectivity index (χ1v) is 8.29. The molecule has 6 nitrogen and oxygen atoms in total. The third-order valence-electron chi connectivity index (χ3n) is 3.83. The average molecular weight is 312 g/mol. The molecule has 1 aromatic rings. The van der Waals surface area contributed by atoms with E-state index >= 15 is 0 Å². The molecule has 116 valence electrons. The standard InChI is InChI=1S/C14H20N2O4S/c1-14(6-3-7-14)16-13(17)9-10-8-11(21(15,18)19)4-5-12(10)20-2/h4-5,8H,3,6-7,9H2,1-2H3,(H,16,17)(H2,15,18,19). The minimum atomic E-state index is -3.80.